The van der Waals surface area contributed by atoms with E-state index >= 15 is 0 Å². The van der Waals surface area contributed by atoms with E-state index in [4.69, 9.17) is 9.72 Å². The molecule has 5 aromatic rings. The van der Waals surface area contributed by atoms with Gasteiger partial charge in [-0.25, -0.2) is 4.98 Å². The fraction of sp³-hybridized carbons (Fsp3) is 0.120. The van der Waals surface area contributed by atoms with Crippen LogP contribution in [-0.4, -0.2) is 21.5 Å². The topological polar surface area (TPSA) is 71.4 Å². The molecule has 6 nitrogen and oxygen atoms in total. The molecule has 2 N–H and O–H groups in total. The quantitative estimate of drug-likeness (QED) is 0.438. The van der Waals surface area contributed by atoms with Gasteiger partial charge in [-0.05, 0) is 53.8 Å². The summed E-state index contributed by atoms with van der Waals surface area (Å²) in [5, 5.41) is 4.41. The SMILES string of the molecule is COc1ccc2cc(-c3nc4cc(C)ccn4c3NCc3ccccc3)c(=O)[nH]c2c1. The number of hydrogen-bond acceptors (Lipinski definition) is 4. The number of aromatic amines is 1. The summed E-state index contributed by atoms with van der Waals surface area (Å²) >= 11 is 0. The minimum absolute atomic E-state index is 0.191. The number of anilines is 1. The van der Waals surface area contributed by atoms with Crippen LogP contribution in [0.25, 0.3) is 27.8 Å². The van der Waals surface area contributed by atoms with E-state index in [0.717, 1.165) is 33.5 Å². The summed E-state index contributed by atoms with van der Waals surface area (Å²) in [5.74, 6) is 1.49. The molecule has 5 rings (SSSR count). The molecule has 0 radical (unpaired) electrons. The van der Waals surface area contributed by atoms with Crippen LogP contribution in [-0.2, 0) is 6.54 Å². The van der Waals surface area contributed by atoms with E-state index in [0.29, 0.717) is 23.6 Å². The molecule has 3 aromatic heterocycles. The van der Waals surface area contributed by atoms with Crippen LogP contribution in [0.3, 0.4) is 0 Å². The van der Waals surface area contributed by atoms with Gasteiger partial charge in [0.1, 0.15) is 22.9 Å². The lowest BCUT2D eigenvalue weighted by Crippen LogP contribution is -2.11. The summed E-state index contributed by atoms with van der Waals surface area (Å²) in [6, 6.07) is 21.7. The van der Waals surface area contributed by atoms with Gasteiger partial charge in [0.15, 0.2) is 0 Å². The lowest BCUT2D eigenvalue weighted by atomic mass is 10.1. The van der Waals surface area contributed by atoms with E-state index in [9.17, 15) is 4.79 Å². The van der Waals surface area contributed by atoms with E-state index < -0.39 is 0 Å². The maximum absolute atomic E-state index is 13.0. The van der Waals surface area contributed by atoms with Gasteiger partial charge in [0, 0.05) is 18.8 Å². The summed E-state index contributed by atoms with van der Waals surface area (Å²) in [5.41, 5.74) is 4.73. The molecule has 0 unspecified atom stereocenters. The number of methoxy groups -OCH3 is 1. The van der Waals surface area contributed by atoms with Gasteiger partial charge >= 0.3 is 0 Å². The highest BCUT2D eigenvalue weighted by Crippen LogP contribution is 2.29. The normalized spacial score (nSPS) is 11.2. The Bertz CT molecular complexity index is 1450. The summed E-state index contributed by atoms with van der Waals surface area (Å²) < 4.78 is 7.26. The van der Waals surface area contributed by atoms with Gasteiger partial charge < -0.3 is 15.0 Å². The van der Waals surface area contributed by atoms with Crippen molar-refractivity contribution in [1.82, 2.24) is 14.4 Å². The molecule has 0 saturated carbocycles. The summed E-state index contributed by atoms with van der Waals surface area (Å²) in [4.78, 5) is 20.8. The summed E-state index contributed by atoms with van der Waals surface area (Å²) in [7, 11) is 1.61. The monoisotopic (exact) mass is 410 g/mol. The third-order valence-electron chi connectivity index (χ3n) is 5.39. The Kier molecular flexibility index (Phi) is 4.67. The van der Waals surface area contributed by atoms with Crippen LogP contribution in [0, 0.1) is 6.92 Å². The lowest BCUT2D eigenvalue weighted by Gasteiger charge is -2.10. The second-order valence-corrected chi connectivity index (χ2v) is 7.55. The second kappa shape index (κ2) is 7.65. The number of nitrogens with one attached hydrogen (secondary N) is 2. The average molecular weight is 410 g/mol. The maximum atomic E-state index is 13.0. The number of fused-ring (bicyclic) bond motifs is 2. The minimum atomic E-state index is -0.191. The van der Waals surface area contributed by atoms with Gasteiger partial charge in [-0.2, -0.15) is 0 Å². The molecule has 0 aliphatic heterocycles. The molecule has 31 heavy (non-hydrogen) atoms. The fourth-order valence-electron chi connectivity index (χ4n) is 3.77. The molecular weight excluding hydrogens is 388 g/mol. The largest absolute Gasteiger partial charge is 0.497 e. The Hall–Kier alpha value is -4.06. The van der Waals surface area contributed by atoms with Crippen molar-refractivity contribution in [3.63, 3.8) is 0 Å². The third-order valence-corrected chi connectivity index (χ3v) is 5.39. The molecule has 0 aliphatic rings. The molecular formula is C25H22N4O2. The zero-order valence-electron chi connectivity index (χ0n) is 17.3. The number of aryl methyl sites for hydroxylation is 1. The van der Waals surface area contributed by atoms with Crippen molar-refractivity contribution in [3.05, 3.63) is 94.4 Å². The van der Waals surface area contributed by atoms with Crippen molar-refractivity contribution >= 4 is 22.4 Å². The molecule has 0 amide bonds. The Morgan fingerprint density at radius 1 is 1.06 bits per heavy atom. The van der Waals surface area contributed by atoms with E-state index in [2.05, 4.69) is 22.4 Å². The zero-order chi connectivity index (χ0) is 21.4. The molecule has 2 aromatic carbocycles. The molecule has 154 valence electrons. The van der Waals surface area contributed by atoms with Crippen molar-refractivity contribution in [1.29, 1.82) is 0 Å². The Morgan fingerprint density at radius 2 is 1.90 bits per heavy atom. The molecule has 0 aliphatic carbocycles. The number of nitrogens with zero attached hydrogens (tertiary/aromatic N) is 2. The maximum Gasteiger partial charge on any atom is 0.258 e. The predicted octanol–water partition coefficient (Wildman–Crippen LogP) is 4.77. The highest BCUT2D eigenvalue weighted by Gasteiger charge is 2.18. The number of aromatic nitrogens is 3. The van der Waals surface area contributed by atoms with Crippen LogP contribution in [0.15, 0.2) is 77.7 Å². The molecule has 0 atom stereocenters. The van der Waals surface area contributed by atoms with Gasteiger partial charge in [0.2, 0.25) is 0 Å². The van der Waals surface area contributed by atoms with Gasteiger partial charge in [0.05, 0.1) is 18.2 Å². The van der Waals surface area contributed by atoms with Crippen LogP contribution in [0.1, 0.15) is 11.1 Å². The number of benzene rings is 2. The molecule has 3 heterocycles. The number of ether oxygens (including phenoxy) is 1. The Balaban J connectivity index is 1.66. The fourth-order valence-corrected chi connectivity index (χ4v) is 3.77. The van der Waals surface area contributed by atoms with Crippen molar-refractivity contribution in [2.45, 2.75) is 13.5 Å². The molecule has 0 spiro atoms. The van der Waals surface area contributed by atoms with E-state index in [1.807, 2.05) is 72.1 Å². The van der Waals surface area contributed by atoms with E-state index in [-0.39, 0.29) is 5.56 Å². The molecule has 0 bridgehead atoms. The van der Waals surface area contributed by atoms with Crippen LogP contribution in [0.2, 0.25) is 0 Å². The minimum Gasteiger partial charge on any atom is -0.497 e. The highest BCUT2D eigenvalue weighted by atomic mass is 16.5. The molecule has 6 heteroatoms. The second-order valence-electron chi connectivity index (χ2n) is 7.55. The lowest BCUT2D eigenvalue weighted by molar-refractivity contribution is 0.415. The first-order valence-corrected chi connectivity index (χ1v) is 10.1. The Morgan fingerprint density at radius 3 is 2.71 bits per heavy atom. The average Bonchev–Trinajstić information content (AvgIpc) is 3.14. The van der Waals surface area contributed by atoms with Crippen molar-refractivity contribution in [2.75, 3.05) is 12.4 Å². The van der Waals surface area contributed by atoms with Gasteiger partial charge in [-0.3, -0.25) is 9.20 Å². The van der Waals surface area contributed by atoms with E-state index in [1.54, 1.807) is 7.11 Å². The van der Waals surface area contributed by atoms with Crippen LogP contribution in [0.4, 0.5) is 5.82 Å². The van der Waals surface area contributed by atoms with Crippen LogP contribution >= 0.6 is 0 Å². The zero-order valence-corrected chi connectivity index (χ0v) is 17.3. The van der Waals surface area contributed by atoms with Gasteiger partial charge in [-0.1, -0.05) is 30.3 Å². The number of H-pyrrole nitrogens is 1. The number of pyridine rings is 2. The predicted molar refractivity (Wildman–Crippen MR) is 124 cm³/mol. The van der Waals surface area contributed by atoms with E-state index in [1.165, 1.54) is 0 Å². The van der Waals surface area contributed by atoms with Crippen molar-refractivity contribution < 1.29 is 4.74 Å². The number of hydrogen-bond donors (Lipinski definition) is 2. The first-order chi connectivity index (χ1) is 15.1. The molecule has 0 saturated heterocycles. The number of imidazole rings is 1. The highest BCUT2D eigenvalue weighted by molar-refractivity contribution is 5.86. The third kappa shape index (κ3) is 3.53. The smallest absolute Gasteiger partial charge is 0.258 e. The first kappa shape index (κ1) is 18.9. The van der Waals surface area contributed by atoms with Crippen LogP contribution in [0.5, 0.6) is 5.75 Å². The van der Waals surface area contributed by atoms with Crippen molar-refractivity contribution in [3.8, 4) is 17.0 Å². The van der Waals surface area contributed by atoms with Crippen LogP contribution < -0.4 is 15.6 Å². The summed E-state index contributed by atoms with van der Waals surface area (Å²) in [6.45, 7) is 2.65. The summed E-state index contributed by atoms with van der Waals surface area (Å²) in [6.07, 6.45) is 1.98. The van der Waals surface area contributed by atoms with Gasteiger partial charge in [-0.15, -0.1) is 0 Å². The standard InChI is InChI=1S/C25H22N4O2/c1-16-10-11-29-22(12-16)28-23(24(29)26-15-17-6-4-3-5-7-17)20-13-18-8-9-19(31-2)14-21(18)27-25(20)30/h3-14,26H,15H2,1-2H3,(H,27,30). The first-order valence-electron chi connectivity index (χ1n) is 10.1. The molecule has 0 fully saturated rings. The Labute approximate surface area is 179 Å². The van der Waals surface area contributed by atoms with Gasteiger partial charge in [0.25, 0.3) is 5.56 Å². The van der Waals surface area contributed by atoms with Crippen molar-refractivity contribution in [2.24, 2.45) is 0 Å². The number of rotatable bonds is 5.